The van der Waals surface area contributed by atoms with Gasteiger partial charge >= 0.3 is 0 Å². The van der Waals surface area contributed by atoms with Gasteiger partial charge in [0.15, 0.2) is 6.61 Å². The molecule has 1 aromatic heterocycles. The molecular formula is C17H18N2O4S. The van der Waals surface area contributed by atoms with Gasteiger partial charge < -0.3 is 20.1 Å². The first-order chi connectivity index (χ1) is 11.6. The van der Waals surface area contributed by atoms with Gasteiger partial charge in [-0.25, -0.2) is 0 Å². The maximum atomic E-state index is 12.7. The number of hydrogen-bond acceptors (Lipinski definition) is 5. The first-order valence-corrected chi connectivity index (χ1v) is 8.52. The largest absolute Gasteiger partial charge is 0.484 e. The second-order valence-electron chi connectivity index (χ2n) is 5.45. The van der Waals surface area contributed by atoms with Crippen LogP contribution in [0.25, 0.3) is 0 Å². The number of nitrogens with two attached hydrogens (primary N) is 1. The number of primary amides is 1. The topological polar surface area (TPSA) is 81.9 Å². The lowest BCUT2D eigenvalue weighted by Crippen LogP contribution is -2.42. The summed E-state index contributed by atoms with van der Waals surface area (Å²) in [6.45, 7) is 1.44. The number of carbonyl (C=O) groups is 2. The van der Waals surface area contributed by atoms with Crippen molar-refractivity contribution in [3.8, 4) is 5.75 Å². The van der Waals surface area contributed by atoms with Crippen LogP contribution < -0.4 is 10.5 Å². The van der Waals surface area contributed by atoms with Crippen LogP contribution in [0.1, 0.15) is 22.0 Å². The number of thiophene rings is 1. The Hall–Kier alpha value is -2.38. The summed E-state index contributed by atoms with van der Waals surface area (Å²) in [7, 11) is 0. The third-order valence-electron chi connectivity index (χ3n) is 3.75. The van der Waals surface area contributed by atoms with Crippen LogP contribution in [0.2, 0.25) is 0 Å². The summed E-state index contributed by atoms with van der Waals surface area (Å²) in [6, 6.07) is 8.72. The molecule has 1 atom stereocenters. The molecule has 3 rings (SSSR count). The maximum Gasteiger partial charge on any atom is 0.255 e. The molecule has 126 valence electrons. The van der Waals surface area contributed by atoms with Crippen molar-refractivity contribution in [2.45, 2.75) is 6.10 Å². The first kappa shape index (κ1) is 16.5. The van der Waals surface area contributed by atoms with E-state index in [0.29, 0.717) is 31.0 Å². The number of hydrogen-bond donors (Lipinski definition) is 1. The smallest absolute Gasteiger partial charge is 0.255 e. The van der Waals surface area contributed by atoms with Gasteiger partial charge in [0.25, 0.3) is 11.8 Å². The van der Waals surface area contributed by atoms with E-state index in [1.165, 1.54) is 0 Å². The molecule has 1 aliphatic heterocycles. The van der Waals surface area contributed by atoms with Crippen molar-refractivity contribution in [1.29, 1.82) is 0 Å². The van der Waals surface area contributed by atoms with Gasteiger partial charge in [-0.3, -0.25) is 9.59 Å². The lowest BCUT2D eigenvalue weighted by molar-refractivity contribution is -0.119. The van der Waals surface area contributed by atoms with E-state index >= 15 is 0 Å². The molecule has 1 fully saturated rings. The number of rotatable bonds is 5. The van der Waals surface area contributed by atoms with E-state index in [1.54, 1.807) is 40.5 Å². The molecule has 0 spiro atoms. The summed E-state index contributed by atoms with van der Waals surface area (Å²) >= 11 is 1.62. The SMILES string of the molecule is NC(=O)COc1ccc(C(=O)N2CCOC(c3ccsc3)C2)cc1. The van der Waals surface area contributed by atoms with Crippen molar-refractivity contribution < 1.29 is 19.1 Å². The highest BCUT2D eigenvalue weighted by Gasteiger charge is 2.26. The molecule has 2 aromatic rings. The van der Waals surface area contributed by atoms with Crippen molar-refractivity contribution in [3.63, 3.8) is 0 Å². The van der Waals surface area contributed by atoms with Crippen LogP contribution in [0, 0.1) is 0 Å². The fourth-order valence-electron chi connectivity index (χ4n) is 2.52. The second-order valence-corrected chi connectivity index (χ2v) is 6.23. The van der Waals surface area contributed by atoms with Crippen molar-refractivity contribution in [3.05, 3.63) is 52.2 Å². The summed E-state index contributed by atoms with van der Waals surface area (Å²) in [5.41, 5.74) is 6.71. The van der Waals surface area contributed by atoms with E-state index in [0.717, 1.165) is 5.56 Å². The molecule has 1 saturated heterocycles. The quantitative estimate of drug-likeness (QED) is 0.895. The molecule has 2 N–H and O–H groups in total. The summed E-state index contributed by atoms with van der Waals surface area (Å²) in [6.07, 6.45) is -0.0767. The Morgan fingerprint density at radius 1 is 1.29 bits per heavy atom. The minimum absolute atomic E-state index is 0.0417. The number of nitrogens with zero attached hydrogens (tertiary/aromatic N) is 1. The zero-order valence-electron chi connectivity index (χ0n) is 13.0. The minimum Gasteiger partial charge on any atom is -0.484 e. The highest BCUT2D eigenvalue weighted by molar-refractivity contribution is 7.07. The van der Waals surface area contributed by atoms with Gasteiger partial charge in [0, 0.05) is 12.1 Å². The van der Waals surface area contributed by atoms with E-state index in [1.807, 2.05) is 16.8 Å². The Morgan fingerprint density at radius 3 is 2.75 bits per heavy atom. The number of ether oxygens (including phenoxy) is 2. The van der Waals surface area contributed by atoms with E-state index in [4.69, 9.17) is 15.2 Å². The van der Waals surface area contributed by atoms with E-state index in [-0.39, 0.29) is 18.6 Å². The number of amides is 2. The van der Waals surface area contributed by atoms with Crippen LogP contribution in [-0.2, 0) is 9.53 Å². The van der Waals surface area contributed by atoms with Gasteiger partial charge in [0.05, 0.1) is 13.2 Å². The van der Waals surface area contributed by atoms with E-state index < -0.39 is 5.91 Å². The summed E-state index contributed by atoms with van der Waals surface area (Å²) in [5.74, 6) is -0.0774. The molecular weight excluding hydrogens is 328 g/mol. The highest BCUT2D eigenvalue weighted by atomic mass is 32.1. The fourth-order valence-corrected chi connectivity index (χ4v) is 3.23. The monoisotopic (exact) mass is 346 g/mol. The minimum atomic E-state index is -0.539. The third kappa shape index (κ3) is 3.93. The van der Waals surface area contributed by atoms with Gasteiger partial charge in [-0.15, -0.1) is 0 Å². The van der Waals surface area contributed by atoms with Gasteiger partial charge in [-0.2, -0.15) is 11.3 Å². The zero-order valence-corrected chi connectivity index (χ0v) is 13.8. The Balaban J connectivity index is 1.64. The van der Waals surface area contributed by atoms with Crippen LogP contribution in [-0.4, -0.2) is 43.0 Å². The van der Waals surface area contributed by atoms with Gasteiger partial charge in [0.2, 0.25) is 0 Å². The number of morpholine rings is 1. The fraction of sp³-hybridized carbons (Fsp3) is 0.294. The average Bonchev–Trinajstić information content (AvgIpc) is 3.14. The standard InChI is InChI=1S/C17H18N2O4S/c18-16(20)10-23-14-3-1-12(2-4-14)17(21)19-6-7-22-15(9-19)13-5-8-24-11-13/h1-5,8,11,15H,6-7,9-10H2,(H2,18,20). The van der Waals surface area contributed by atoms with E-state index in [2.05, 4.69) is 0 Å². The Kier molecular flexibility index (Phi) is 5.12. The van der Waals surface area contributed by atoms with Crippen LogP contribution in [0.15, 0.2) is 41.1 Å². The molecule has 2 heterocycles. The summed E-state index contributed by atoms with van der Waals surface area (Å²) in [5, 5.41) is 4.05. The molecule has 1 aromatic carbocycles. The maximum absolute atomic E-state index is 12.7. The molecule has 1 aliphatic rings. The molecule has 1 unspecified atom stereocenters. The average molecular weight is 346 g/mol. The molecule has 2 amide bonds. The Labute approximate surface area is 143 Å². The number of benzene rings is 1. The highest BCUT2D eigenvalue weighted by Crippen LogP contribution is 2.25. The number of carbonyl (C=O) groups excluding carboxylic acids is 2. The van der Waals surface area contributed by atoms with Crippen molar-refractivity contribution in [2.75, 3.05) is 26.3 Å². The van der Waals surface area contributed by atoms with Crippen molar-refractivity contribution in [2.24, 2.45) is 5.73 Å². The van der Waals surface area contributed by atoms with Crippen molar-refractivity contribution >= 4 is 23.2 Å². The van der Waals surface area contributed by atoms with Crippen molar-refractivity contribution in [1.82, 2.24) is 4.90 Å². The predicted octanol–water partition coefficient (Wildman–Crippen LogP) is 1.83. The van der Waals surface area contributed by atoms with Gasteiger partial charge in [-0.1, -0.05) is 0 Å². The molecule has 0 aliphatic carbocycles. The molecule has 0 radical (unpaired) electrons. The van der Waals surface area contributed by atoms with Gasteiger partial charge in [-0.05, 0) is 46.7 Å². The van der Waals surface area contributed by atoms with E-state index in [9.17, 15) is 9.59 Å². The summed E-state index contributed by atoms with van der Waals surface area (Å²) < 4.78 is 11.0. The molecule has 24 heavy (non-hydrogen) atoms. The predicted molar refractivity (Wildman–Crippen MR) is 90.0 cm³/mol. The van der Waals surface area contributed by atoms with Crippen LogP contribution in [0.4, 0.5) is 0 Å². The summed E-state index contributed by atoms with van der Waals surface area (Å²) in [4.78, 5) is 25.2. The van der Waals surface area contributed by atoms with Crippen LogP contribution >= 0.6 is 11.3 Å². The zero-order chi connectivity index (χ0) is 16.9. The van der Waals surface area contributed by atoms with Crippen LogP contribution in [0.5, 0.6) is 5.75 Å². The molecule has 7 heteroatoms. The second kappa shape index (κ2) is 7.46. The van der Waals surface area contributed by atoms with Gasteiger partial charge in [0.1, 0.15) is 11.9 Å². The van der Waals surface area contributed by atoms with Crippen LogP contribution in [0.3, 0.4) is 0 Å². The Bertz CT molecular complexity index is 700. The lowest BCUT2D eigenvalue weighted by atomic mass is 10.1. The third-order valence-corrected chi connectivity index (χ3v) is 4.45. The lowest BCUT2D eigenvalue weighted by Gasteiger charge is -2.32. The molecule has 6 nitrogen and oxygen atoms in total. The molecule has 0 bridgehead atoms. The Morgan fingerprint density at radius 2 is 2.08 bits per heavy atom. The molecule has 0 saturated carbocycles. The first-order valence-electron chi connectivity index (χ1n) is 7.57. The normalized spacial score (nSPS) is 17.5.